The first-order chi connectivity index (χ1) is 9.72. The molecule has 2 aromatic heterocycles. The largest absolute Gasteiger partial charge is 0.352 e. The second-order valence-corrected chi connectivity index (χ2v) is 5.37. The van der Waals surface area contributed by atoms with E-state index in [1.54, 1.807) is 12.7 Å². The van der Waals surface area contributed by atoms with Crippen molar-refractivity contribution in [3.63, 3.8) is 0 Å². The third kappa shape index (κ3) is 3.60. The van der Waals surface area contributed by atoms with Gasteiger partial charge in [-0.05, 0) is 6.42 Å². The van der Waals surface area contributed by atoms with Gasteiger partial charge in [0.2, 0.25) is 0 Å². The number of nitrogens with two attached hydrogens (primary N) is 1. The lowest BCUT2D eigenvalue weighted by Crippen LogP contribution is -2.31. The van der Waals surface area contributed by atoms with Gasteiger partial charge < -0.3 is 15.6 Å². The highest BCUT2D eigenvalue weighted by Gasteiger charge is 2.10. The van der Waals surface area contributed by atoms with Crippen molar-refractivity contribution < 1.29 is 4.79 Å². The molecule has 0 saturated heterocycles. The number of thioether (sulfide) groups is 1. The number of amides is 2. The quantitative estimate of drug-likeness (QED) is 0.457. The minimum absolute atomic E-state index is 0.502. The van der Waals surface area contributed by atoms with Crippen LogP contribution in [-0.4, -0.2) is 37.8 Å². The van der Waals surface area contributed by atoms with Gasteiger partial charge in [-0.25, -0.2) is 19.7 Å². The molecule has 0 aliphatic heterocycles. The SMILES string of the molecule is CCCCn1cnc2c(SCCNC(N)=O)ncnc21. The van der Waals surface area contributed by atoms with Crippen molar-refractivity contribution in [2.24, 2.45) is 5.73 Å². The molecule has 20 heavy (non-hydrogen) atoms. The van der Waals surface area contributed by atoms with E-state index < -0.39 is 6.03 Å². The first-order valence-electron chi connectivity index (χ1n) is 6.54. The molecule has 8 heteroatoms. The molecule has 0 unspecified atom stereocenters. The lowest BCUT2D eigenvalue weighted by atomic mass is 10.3. The summed E-state index contributed by atoms with van der Waals surface area (Å²) in [5.74, 6) is 0.691. The third-order valence-electron chi connectivity index (χ3n) is 2.76. The maximum Gasteiger partial charge on any atom is 0.312 e. The number of nitrogens with zero attached hydrogens (tertiary/aromatic N) is 4. The molecule has 3 N–H and O–H groups in total. The van der Waals surface area contributed by atoms with Gasteiger partial charge in [0.15, 0.2) is 5.65 Å². The van der Waals surface area contributed by atoms with Crippen LogP contribution in [0.2, 0.25) is 0 Å². The number of rotatable bonds is 7. The minimum atomic E-state index is -0.512. The fourth-order valence-electron chi connectivity index (χ4n) is 1.78. The second-order valence-electron chi connectivity index (χ2n) is 4.28. The van der Waals surface area contributed by atoms with Gasteiger partial charge in [-0.15, -0.1) is 11.8 Å². The van der Waals surface area contributed by atoms with E-state index >= 15 is 0 Å². The topological polar surface area (TPSA) is 98.7 Å². The van der Waals surface area contributed by atoms with Crippen molar-refractivity contribution in [1.29, 1.82) is 0 Å². The molecule has 0 aliphatic carbocycles. The van der Waals surface area contributed by atoms with Crippen LogP contribution in [0.1, 0.15) is 19.8 Å². The summed E-state index contributed by atoms with van der Waals surface area (Å²) < 4.78 is 2.05. The number of hydrogen-bond donors (Lipinski definition) is 2. The Morgan fingerprint density at radius 2 is 2.30 bits per heavy atom. The molecule has 0 aliphatic rings. The lowest BCUT2D eigenvalue weighted by Gasteiger charge is -2.04. The van der Waals surface area contributed by atoms with Crippen LogP contribution in [-0.2, 0) is 6.54 Å². The van der Waals surface area contributed by atoms with E-state index in [1.807, 2.05) is 4.57 Å². The fourth-order valence-corrected chi connectivity index (χ4v) is 2.58. The van der Waals surface area contributed by atoms with E-state index in [-0.39, 0.29) is 0 Å². The Balaban J connectivity index is 2.06. The molecule has 2 aromatic rings. The normalized spacial score (nSPS) is 10.8. The Kier molecular flexibility index (Phi) is 5.16. The maximum absolute atomic E-state index is 10.6. The van der Waals surface area contributed by atoms with Crippen LogP contribution in [0.3, 0.4) is 0 Å². The number of nitrogens with one attached hydrogen (secondary N) is 1. The van der Waals surface area contributed by atoms with Crippen LogP contribution in [0.5, 0.6) is 0 Å². The summed E-state index contributed by atoms with van der Waals surface area (Å²) in [5.41, 5.74) is 6.68. The van der Waals surface area contributed by atoms with E-state index in [0.29, 0.717) is 12.3 Å². The monoisotopic (exact) mass is 294 g/mol. The number of urea groups is 1. The molecule has 0 atom stereocenters. The van der Waals surface area contributed by atoms with Gasteiger partial charge in [0, 0.05) is 18.8 Å². The Hall–Kier alpha value is -1.83. The van der Waals surface area contributed by atoms with Crippen LogP contribution in [0.25, 0.3) is 11.2 Å². The molecule has 0 saturated carbocycles. The first-order valence-corrected chi connectivity index (χ1v) is 7.53. The summed E-state index contributed by atoms with van der Waals surface area (Å²) in [6, 6.07) is -0.512. The molecular formula is C12H18N6OS. The highest BCUT2D eigenvalue weighted by molar-refractivity contribution is 7.99. The number of aromatic nitrogens is 4. The van der Waals surface area contributed by atoms with E-state index in [4.69, 9.17) is 5.73 Å². The number of unbranched alkanes of at least 4 members (excludes halogenated alkanes) is 1. The average Bonchev–Trinajstić information content (AvgIpc) is 2.85. The van der Waals surface area contributed by atoms with Crippen molar-refractivity contribution in [3.8, 4) is 0 Å². The first kappa shape index (κ1) is 14.6. The highest BCUT2D eigenvalue weighted by atomic mass is 32.2. The number of carbonyl (C=O) groups excluding carboxylic acids is 1. The van der Waals surface area contributed by atoms with Gasteiger partial charge in [0.25, 0.3) is 0 Å². The van der Waals surface area contributed by atoms with Crippen molar-refractivity contribution >= 4 is 29.0 Å². The molecule has 0 radical (unpaired) electrons. The molecule has 7 nitrogen and oxygen atoms in total. The van der Waals surface area contributed by atoms with Crippen LogP contribution in [0, 0.1) is 0 Å². The number of carbonyl (C=O) groups is 1. The molecule has 0 fully saturated rings. The second kappa shape index (κ2) is 7.09. The van der Waals surface area contributed by atoms with Crippen molar-refractivity contribution in [2.45, 2.75) is 31.3 Å². The van der Waals surface area contributed by atoms with Crippen molar-refractivity contribution in [1.82, 2.24) is 24.8 Å². The Morgan fingerprint density at radius 3 is 3.05 bits per heavy atom. The molecular weight excluding hydrogens is 276 g/mol. The van der Waals surface area contributed by atoms with Gasteiger partial charge in [0.05, 0.1) is 6.33 Å². The van der Waals surface area contributed by atoms with Gasteiger partial charge in [-0.1, -0.05) is 13.3 Å². The van der Waals surface area contributed by atoms with Crippen LogP contribution < -0.4 is 11.1 Å². The summed E-state index contributed by atoms with van der Waals surface area (Å²) in [6.45, 7) is 3.57. The van der Waals surface area contributed by atoms with Crippen molar-refractivity contribution in [3.05, 3.63) is 12.7 Å². The summed E-state index contributed by atoms with van der Waals surface area (Å²) in [4.78, 5) is 23.5. The zero-order chi connectivity index (χ0) is 14.4. The van der Waals surface area contributed by atoms with Crippen LogP contribution in [0.15, 0.2) is 17.7 Å². The van der Waals surface area contributed by atoms with E-state index in [2.05, 4.69) is 27.2 Å². The zero-order valence-electron chi connectivity index (χ0n) is 11.4. The summed E-state index contributed by atoms with van der Waals surface area (Å²) in [6.07, 6.45) is 5.59. The molecule has 0 spiro atoms. The minimum Gasteiger partial charge on any atom is -0.352 e. The van der Waals surface area contributed by atoms with Gasteiger partial charge in [0.1, 0.15) is 16.9 Å². The summed E-state index contributed by atoms with van der Waals surface area (Å²) in [5, 5.41) is 3.38. The molecule has 0 aromatic carbocycles. The fraction of sp³-hybridized carbons (Fsp3) is 0.500. The summed E-state index contributed by atoms with van der Waals surface area (Å²) >= 11 is 1.53. The molecule has 2 amide bonds. The van der Waals surface area contributed by atoms with E-state index in [9.17, 15) is 4.79 Å². The Labute approximate surface area is 121 Å². The smallest absolute Gasteiger partial charge is 0.312 e. The Morgan fingerprint density at radius 1 is 1.45 bits per heavy atom. The van der Waals surface area contributed by atoms with Gasteiger partial charge >= 0.3 is 6.03 Å². The molecule has 2 heterocycles. The van der Waals surface area contributed by atoms with E-state index in [0.717, 1.165) is 35.6 Å². The average molecular weight is 294 g/mol. The van der Waals surface area contributed by atoms with Gasteiger partial charge in [-0.2, -0.15) is 0 Å². The number of hydrogen-bond acceptors (Lipinski definition) is 5. The highest BCUT2D eigenvalue weighted by Crippen LogP contribution is 2.22. The predicted octanol–water partition coefficient (Wildman–Crippen LogP) is 1.39. The number of fused-ring (bicyclic) bond motifs is 1. The van der Waals surface area contributed by atoms with Crippen LogP contribution >= 0.6 is 11.8 Å². The third-order valence-corrected chi connectivity index (χ3v) is 3.74. The summed E-state index contributed by atoms with van der Waals surface area (Å²) in [7, 11) is 0. The Bertz CT molecular complexity index is 584. The molecule has 0 bridgehead atoms. The van der Waals surface area contributed by atoms with Crippen molar-refractivity contribution in [2.75, 3.05) is 12.3 Å². The molecule has 108 valence electrons. The maximum atomic E-state index is 10.6. The van der Waals surface area contributed by atoms with E-state index in [1.165, 1.54) is 11.8 Å². The molecule has 2 rings (SSSR count). The predicted molar refractivity (Wildman–Crippen MR) is 78.5 cm³/mol. The zero-order valence-corrected chi connectivity index (χ0v) is 12.2. The lowest BCUT2D eigenvalue weighted by molar-refractivity contribution is 0.249. The number of aryl methyl sites for hydroxylation is 1. The number of primary amides is 1. The van der Waals surface area contributed by atoms with Crippen LogP contribution in [0.4, 0.5) is 4.79 Å². The number of imidazole rings is 1. The van der Waals surface area contributed by atoms with Gasteiger partial charge in [-0.3, -0.25) is 0 Å². The standard InChI is InChI=1S/C12H18N6OS/c1-2-3-5-18-8-17-9-10(18)15-7-16-11(9)20-6-4-14-12(13)19/h7-8H,2-6H2,1H3,(H3,13,14,19).